The molecule has 0 saturated carbocycles. The Morgan fingerprint density at radius 2 is 1.70 bits per heavy atom. The predicted molar refractivity (Wildman–Crippen MR) is 113 cm³/mol. The summed E-state index contributed by atoms with van der Waals surface area (Å²) in [5, 5.41) is 2.85. The standard InChI is InChI=1S/C24H27N3O3/c1-15-3-5-17(6-4-15)22(28)18-9-11-27(12-10-18)24(30)19-7-8-20(25-14-19)21-16(2)13-26-23(21)29/h3-8,14,16,18,21H,9-13H2,1-2H3,(H,26,29)/t16?,21-/m1/s1. The van der Waals surface area contributed by atoms with Crippen LogP contribution >= 0.6 is 0 Å². The SMILES string of the molecule is Cc1ccc(C(=O)C2CCN(C(=O)c3ccc([C@@H]4C(=O)NCC4C)nc3)CC2)cc1. The summed E-state index contributed by atoms with van der Waals surface area (Å²) >= 11 is 0. The number of aromatic nitrogens is 1. The summed E-state index contributed by atoms with van der Waals surface area (Å²) in [7, 11) is 0. The van der Waals surface area contributed by atoms with Crippen LogP contribution in [-0.4, -0.2) is 47.1 Å². The van der Waals surface area contributed by atoms with Gasteiger partial charge < -0.3 is 10.2 Å². The molecule has 2 aromatic rings. The summed E-state index contributed by atoms with van der Waals surface area (Å²) in [6.45, 7) is 5.80. The lowest BCUT2D eigenvalue weighted by Crippen LogP contribution is -2.40. The molecule has 0 radical (unpaired) electrons. The van der Waals surface area contributed by atoms with Crippen LogP contribution in [0.15, 0.2) is 42.6 Å². The highest BCUT2D eigenvalue weighted by Crippen LogP contribution is 2.28. The van der Waals surface area contributed by atoms with E-state index in [1.165, 1.54) is 0 Å². The average Bonchev–Trinajstić information content (AvgIpc) is 3.11. The van der Waals surface area contributed by atoms with Gasteiger partial charge in [-0.2, -0.15) is 0 Å². The third-order valence-electron chi connectivity index (χ3n) is 6.29. The molecule has 1 aromatic heterocycles. The van der Waals surface area contributed by atoms with Gasteiger partial charge in [0.2, 0.25) is 5.91 Å². The van der Waals surface area contributed by atoms with E-state index < -0.39 is 0 Å². The molecule has 0 spiro atoms. The number of likely N-dealkylation sites (tertiary alicyclic amines) is 1. The van der Waals surface area contributed by atoms with Gasteiger partial charge in [0.25, 0.3) is 5.91 Å². The topological polar surface area (TPSA) is 79.4 Å². The highest BCUT2D eigenvalue weighted by atomic mass is 16.2. The van der Waals surface area contributed by atoms with Crippen molar-refractivity contribution in [1.82, 2.24) is 15.2 Å². The summed E-state index contributed by atoms with van der Waals surface area (Å²) < 4.78 is 0. The lowest BCUT2D eigenvalue weighted by Gasteiger charge is -2.31. The Hall–Kier alpha value is -3.02. The number of rotatable bonds is 4. The zero-order chi connectivity index (χ0) is 21.3. The van der Waals surface area contributed by atoms with Crippen molar-refractivity contribution >= 4 is 17.6 Å². The summed E-state index contributed by atoms with van der Waals surface area (Å²) in [5.74, 6) is -0.0142. The van der Waals surface area contributed by atoms with Crippen LogP contribution in [0.2, 0.25) is 0 Å². The molecule has 2 atom stereocenters. The van der Waals surface area contributed by atoms with Gasteiger partial charge >= 0.3 is 0 Å². The first-order chi connectivity index (χ1) is 14.4. The molecule has 156 valence electrons. The van der Waals surface area contributed by atoms with Crippen LogP contribution in [0.5, 0.6) is 0 Å². The second-order valence-electron chi connectivity index (χ2n) is 8.47. The molecule has 4 rings (SSSR count). The van der Waals surface area contributed by atoms with Crippen molar-refractivity contribution in [3.05, 3.63) is 65.0 Å². The molecular formula is C24H27N3O3. The third kappa shape index (κ3) is 3.99. The fourth-order valence-electron chi connectivity index (χ4n) is 4.37. The highest BCUT2D eigenvalue weighted by Gasteiger charge is 2.34. The molecule has 6 heteroatoms. The highest BCUT2D eigenvalue weighted by molar-refractivity contribution is 5.98. The number of amides is 2. The van der Waals surface area contributed by atoms with E-state index in [-0.39, 0.29) is 35.4 Å². The molecule has 2 fully saturated rings. The number of Topliss-reactive ketones (excluding diaryl/α,β-unsaturated/α-hetero) is 1. The van der Waals surface area contributed by atoms with Gasteiger partial charge in [-0.3, -0.25) is 19.4 Å². The van der Waals surface area contributed by atoms with Gasteiger partial charge in [-0.15, -0.1) is 0 Å². The van der Waals surface area contributed by atoms with E-state index in [1.54, 1.807) is 23.2 Å². The molecule has 6 nitrogen and oxygen atoms in total. The maximum Gasteiger partial charge on any atom is 0.255 e. The van der Waals surface area contributed by atoms with E-state index in [2.05, 4.69) is 10.3 Å². The minimum absolute atomic E-state index is 0.00519. The Bertz CT molecular complexity index is 945. The minimum atomic E-state index is -0.252. The summed E-state index contributed by atoms with van der Waals surface area (Å²) in [6.07, 6.45) is 2.91. The van der Waals surface area contributed by atoms with Crippen molar-refractivity contribution in [2.75, 3.05) is 19.6 Å². The third-order valence-corrected chi connectivity index (χ3v) is 6.29. The monoisotopic (exact) mass is 405 g/mol. The number of nitrogens with one attached hydrogen (secondary N) is 1. The van der Waals surface area contributed by atoms with E-state index in [4.69, 9.17) is 0 Å². The number of aryl methyl sites for hydroxylation is 1. The van der Waals surface area contributed by atoms with E-state index in [9.17, 15) is 14.4 Å². The van der Waals surface area contributed by atoms with Gasteiger partial charge in [-0.25, -0.2) is 0 Å². The number of hydrogen-bond donors (Lipinski definition) is 1. The maximum atomic E-state index is 12.9. The van der Waals surface area contributed by atoms with E-state index in [1.807, 2.05) is 38.1 Å². The van der Waals surface area contributed by atoms with E-state index in [0.29, 0.717) is 43.7 Å². The first-order valence-corrected chi connectivity index (χ1v) is 10.6. The van der Waals surface area contributed by atoms with Crippen molar-refractivity contribution in [2.45, 2.75) is 32.6 Å². The number of pyridine rings is 1. The quantitative estimate of drug-likeness (QED) is 0.793. The van der Waals surface area contributed by atoms with Crippen LogP contribution in [0.3, 0.4) is 0 Å². The van der Waals surface area contributed by atoms with Crippen LogP contribution in [0.1, 0.15) is 57.7 Å². The minimum Gasteiger partial charge on any atom is -0.355 e. The van der Waals surface area contributed by atoms with Gasteiger partial charge in [0.05, 0.1) is 17.2 Å². The van der Waals surface area contributed by atoms with Crippen LogP contribution in [0.4, 0.5) is 0 Å². The Morgan fingerprint density at radius 3 is 2.27 bits per heavy atom. The molecular weight excluding hydrogens is 378 g/mol. The molecule has 2 saturated heterocycles. The molecule has 2 aliphatic heterocycles. The van der Waals surface area contributed by atoms with Crippen molar-refractivity contribution in [2.24, 2.45) is 11.8 Å². The zero-order valence-electron chi connectivity index (χ0n) is 17.4. The lowest BCUT2D eigenvalue weighted by molar-refractivity contribution is -0.120. The van der Waals surface area contributed by atoms with Crippen LogP contribution in [0, 0.1) is 18.8 Å². The van der Waals surface area contributed by atoms with Gasteiger partial charge in [0.1, 0.15) is 0 Å². The van der Waals surface area contributed by atoms with Gasteiger partial charge in [0.15, 0.2) is 5.78 Å². The average molecular weight is 405 g/mol. The molecule has 1 unspecified atom stereocenters. The predicted octanol–water partition coefficient (Wildman–Crippen LogP) is 2.97. The van der Waals surface area contributed by atoms with Crippen molar-refractivity contribution < 1.29 is 14.4 Å². The Labute approximate surface area is 176 Å². The lowest BCUT2D eigenvalue weighted by atomic mass is 9.88. The van der Waals surface area contributed by atoms with Crippen molar-refractivity contribution in [3.63, 3.8) is 0 Å². The number of carbonyl (C=O) groups excluding carboxylic acids is 3. The number of nitrogens with zero attached hydrogens (tertiary/aromatic N) is 2. The second kappa shape index (κ2) is 8.38. The summed E-state index contributed by atoms with van der Waals surface area (Å²) in [6, 6.07) is 11.2. The zero-order valence-corrected chi connectivity index (χ0v) is 17.4. The van der Waals surface area contributed by atoms with Gasteiger partial charge in [-0.1, -0.05) is 36.8 Å². The number of hydrogen-bond acceptors (Lipinski definition) is 4. The first-order valence-electron chi connectivity index (χ1n) is 10.6. The van der Waals surface area contributed by atoms with Crippen LogP contribution in [-0.2, 0) is 4.79 Å². The van der Waals surface area contributed by atoms with Gasteiger partial charge in [0, 0.05) is 37.3 Å². The number of carbonyl (C=O) groups is 3. The Morgan fingerprint density at radius 1 is 1.03 bits per heavy atom. The van der Waals surface area contributed by atoms with Crippen molar-refractivity contribution in [1.29, 1.82) is 0 Å². The van der Waals surface area contributed by atoms with Crippen LogP contribution in [0.25, 0.3) is 0 Å². The normalized spacial score (nSPS) is 22.1. The number of ketones is 1. The molecule has 30 heavy (non-hydrogen) atoms. The first kappa shape index (κ1) is 20.3. The van der Waals surface area contributed by atoms with Crippen molar-refractivity contribution in [3.8, 4) is 0 Å². The summed E-state index contributed by atoms with van der Waals surface area (Å²) in [4.78, 5) is 43.8. The molecule has 0 bridgehead atoms. The summed E-state index contributed by atoms with van der Waals surface area (Å²) in [5.41, 5.74) is 3.11. The van der Waals surface area contributed by atoms with Gasteiger partial charge in [-0.05, 0) is 37.8 Å². The fourth-order valence-corrected chi connectivity index (χ4v) is 4.37. The van der Waals surface area contributed by atoms with E-state index in [0.717, 1.165) is 11.1 Å². The molecule has 1 aromatic carbocycles. The Kier molecular flexibility index (Phi) is 5.66. The second-order valence-corrected chi connectivity index (χ2v) is 8.47. The smallest absolute Gasteiger partial charge is 0.255 e. The van der Waals surface area contributed by atoms with E-state index >= 15 is 0 Å². The fraction of sp³-hybridized carbons (Fsp3) is 0.417. The molecule has 0 aliphatic carbocycles. The maximum absolute atomic E-state index is 12.9. The molecule has 2 amide bonds. The number of benzene rings is 1. The largest absolute Gasteiger partial charge is 0.355 e. The molecule has 3 heterocycles. The van der Waals surface area contributed by atoms with Crippen LogP contribution < -0.4 is 5.32 Å². The Balaban J connectivity index is 1.36. The molecule has 1 N–H and O–H groups in total. The molecule has 2 aliphatic rings. The number of piperidine rings is 1.